The lowest BCUT2D eigenvalue weighted by Gasteiger charge is -1.86. The van der Waals surface area contributed by atoms with Crippen molar-refractivity contribution in [3.63, 3.8) is 0 Å². The van der Waals surface area contributed by atoms with Crippen molar-refractivity contribution in [1.82, 2.24) is 0 Å². The lowest BCUT2D eigenvalue weighted by Crippen LogP contribution is -2.46. The van der Waals surface area contributed by atoms with Gasteiger partial charge in [0.25, 0.3) is 0 Å². The summed E-state index contributed by atoms with van der Waals surface area (Å²) in [5.41, 5.74) is 4.94. The minimum atomic E-state index is -0.462. The quantitative estimate of drug-likeness (QED) is 0.481. The molecule has 46 valence electrons. The standard InChI is InChI=1S/C6H6N2O/c7-6(9)8-4-2-1-3-5-8/h1-5H,(H-,7,9)/p+1. The number of nitrogens with two attached hydrogens (primary N) is 1. The van der Waals surface area contributed by atoms with Crippen molar-refractivity contribution in [3.8, 4) is 0 Å². The second kappa shape index (κ2) is 2.26. The van der Waals surface area contributed by atoms with E-state index < -0.39 is 6.03 Å². The van der Waals surface area contributed by atoms with Crippen LogP contribution in [0.5, 0.6) is 0 Å². The van der Waals surface area contributed by atoms with Gasteiger partial charge in [0.2, 0.25) is 0 Å². The Morgan fingerprint density at radius 2 is 1.78 bits per heavy atom. The third-order valence-electron chi connectivity index (χ3n) is 0.970. The van der Waals surface area contributed by atoms with Crippen LogP contribution in [-0.2, 0) is 0 Å². The van der Waals surface area contributed by atoms with Crippen LogP contribution in [0.25, 0.3) is 0 Å². The van der Waals surface area contributed by atoms with Gasteiger partial charge >= 0.3 is 6.03 Å². The van der Waals surface area contributed by atoms with Crippen LogP contribution in [0, 0.1) is 0 Å². The van der Waals surface area contributed by atoms with Gasteiger partial charge in [-0.25, -0.2) is 0 Å². The molecule has 0 fully saturated rings. The Morgan fingerprint density at radius 1 is 1.22 bits per heavy atom. The van der Waals surface area contributed by atoms with Crippen molar-refractivity contribution in [2.24, 2.45) is 5.73 Å². The average Bonchev–Trinajstić information content (AvgIpc) is 1.90. The molecule has 0 atom stereocenters. The van der Waals surface area contributed by atoms with Gasteiger partial charge in [-0.1, -0.05) is 6.07 Å². The first-order valence-electron chi connectivity index (χ1n) is 2.57. The molecule has 3 heteroatoms. The van der Waals surface area contributed by atoms with Gasteiger partial charge in [-0.05, 0) is 12.1 Å². The molecule has 0 aliphatic heterocycles. The van der Waals surface area contributed by atoms with Crippen molar-refractivity contribution in [2.45, 2.75) is 0 Å². The number of hydrogen-bond acceptors (Lipinski definition) is 1. The first-order chi connectivity index (χ1) is 4.30. The molecule has 1 amide bonds. The average molecular weight is 123 g/mol. The van der Waals surface area contributed by atoms with Gasteiger partial charge in [0.05, 0.1) is 12.4 Å². The summed E-state index contributed by atoms with van der Waals surface area (Å²) in [5.74, 6) is 0. The van der Waals surface area contributed by atoms with E-state index in [0.717, 1.165) is 0 Å². The van der Waals surface area contributed by atoms with Gasteiger partial charge < -0.3 is 0 Å². The number of pyridine rings is 1. The third-order valence-corrected chi connectivity index (χ3v) is 0.970. The van der Waals surface area contributed by atoms with Crippen LogP contribution < -0.4 is 10.3 Å². The van der Waals surface area contributed by atoms with Crippen LogP contribution >= 0.6 is 0 Å². The third kappa shape index (κ3) is 1.25. The maximum absolute atomic E-state index is 10.4. The highest BCUT2D eigenvalue weighted by Gasteiger charge is 2.00. The van der Waals surface area contributed by atoms with Gasteiger partial charge in [-0.3, -0.25) is 5.73 Å². The molecular weight excluding hydrogens is 116 g/mol. The van der Waals surface area contributed by atoms with Crippen LogP contribution in [0.15, 0.2) is 30.6 Å². The van der Waals surface area contributed by atoms with E-state index in [1.54, 1.807) is 24.5 Å². The molecule has 0 aliphatic rings. The second-order valence-electron chi connectivity index (χ2n) is 1.62. The SMILES string of the molecule is NC(=O)[n+]1ccccc1. The highest BCUT2D eigenvalue weighted by Crippen LogP contribution is 1.74. The van der Waals surface area contributed by atoms with Crippen LogP contribution in [0.4, 0.5) is 4.79 Å². The van der Waals surface area contributed by atoms with Crippen molar-refractivity contribution in [1.29, 1.82) is 0 Å². The predicted octanol–water partition coefficient (Wildman–Crippen LogP) is -0.0991. The van der Waals surface area contributed by atoms with Gasteiger partial charge in [-0.2, -0.15) is 9.36 Å². The summed E-state index contributed by atoms with van der Waals surface area (Å²) in [6.45, 7) is 0. The van der Waals surface area contributed by atoms with Crippen LogP contribution in [0.2, 0.25) is 0 Å². The molecule has 3 nitrogen and oxygen atoms in total. The molecule has 1 rings (SSSR count). The minimum Gasteiger partial charge on any atom is -0.250 e. The number of amides is 1. The fourth-order valence-corrected chi connectivity index (χ4v) is 0.546. The molecule has 0 spiro atoms. The summed E-state index contributed by atoms with van der Waals surface area (Å²) < 4.78 is 1.31. The van der Waals surface area contributed by atoms with E-state index in [4.69, 9.17) is 5.73 Å². The zero-order valence-corrected chi connectivity index (χ0v) is 4.82. The molecule has 9 heavy (non-hydrogen) atoms. The number of primary amides is 1. The Kier molecular flexibility index (Phi) is 1.44. The maximum Gasteiger partial charge on any atom is 0.493 e. The predicted molar refractivity (Wildman–Crippen MR) is 31.6 cm³/mol. The molecule has 0 aliphatic carbocycles. The molecule has 0 unspecified atom stereocenters. The molecule has 0 bridgehead atoms. The van der Waals surface area contributed by atoms with E-state index in [0.29, 0.717) is 0 Å². The zero-order chi connectivity index (χ0) is 6.69. The van der Waals surface area contributed by atoms with Gasteiger partial charge in [-0.15, -0.1) is 0 Å². The summed E-state index contributed by atoms with van der Waals surface area (Å²) in [7, 11) is 0. The van der Waals surface area contributed by atoms with E-state index in [1.165, 1.54) is 4.57 Å². The lowest BCUT2D eigenvalue weighted by atomic mass is 10.5. The van der Waals surface area contributed by atoms with E-state index in [-0.39, 0.29) is 0 Å². The number of rotatable bonds is 0. The van der Waals surface area contributed by atoms with Gasteiger partial charge in [0.1, 0.15) is 0 Å². The molecule has 0 saturated heterocycles. The molecule has 0 saturated carbocycles. The van der Waals surface area contributed by atoms with E-state index in [1.807, 2.05) is 6.07 Å². The van der Waals surface area contributed by atoms with E-state index in [2.05, 4.69) is 0 Å². The molecule has 2 N–H and O–H groups in total. The Labute approximate surface area is 52.7 Å². The Morgan fingerprint density at radius 3 is 2.11 bits per heavy atom. The Hall–Kier alpha value is -1.38. The first-order valence-corrected chi connectivity index (χ1v) is 2.57. The van der Waals surface area contributed by atoms with Crippen molar-refractivity contribution >= 4 is 6.03 Å². The maximum atomic E-state index is 10.4. The molecule has 1 aromatic heterocycles. The summed E-state index contributed by atoms with van der Waals surface area (Å²) >= 11 is 0. The Balaban J connectivity index is 2.98. The molecule has 1 aromatic rings. The summed E-state index contributed by atoms with van der Waals surface area (Å²) in [4.78, 5) is 10.4. The number of hydrogen-bond donors (Lipinski definition) is 1. The van der Waals surface area contributed by atoms with Crippen molar-refractivity contribution in [2.75, 3.05) is 0 Å². The summed E-state index contributed by atoms with van der Waals surface area (Å²) in [6, 6.07) is 4.84. The lowest BCUT2D eigenvalue weighted by molar-refractivity contribution is -0.569. The monoisotopic (exact) mass is 123 g/mol. The number of carbonyl (C=O) groups excluding carboxylic acids is 1. The largest absolute Gasteiger partial charge is 0.493 e. The summed E-state index contributed by atoms with van der Waals surface area (Å²) in [5, 5.41) is 0. The van der Waals surface area contributed by atoms with Gasteiger partial charge in [0, 0.05) is 0 Å². The summed E-state index contributed by atoms with van der Waals surface area (Å²) in [6.07, 6.45) is 3.20. The van der Waals surface area contributed by atoms with Crippen LogP contribution in [0.3, 0.4) is 0 Å². The van der Waals surface area contributed by atoms with Crippen molar-refractivity contribution in [3.05, 3.63) is 30.6 Å². The zero-order valence-electron chi connectivity index (χ0n) is 4.82. The van der Waals surface area contributed by atoms with Gasteiger partial charge in [0.15, 0.2) is 0 Å². The Bertz CT molecular complexity index is 208. The smallest absolute Gasteiger partial charge is 0.250 e. The van der Waals surface area contributed by atoms with E-state index >= 15 is 0 Å². The number of carbonyl (C=O) groups is 1. The molecular formula is C6H7N2O+. The normalized spacial score (nSPS) is 8.89. The fourth-order valence-electron chi connectivity index (χ4n) is 0.546. The molecule has 0 radical (unpaired) electrons. The van der Waals surface area contributed by atoms with Crippen LogP contribution in [-0.4, -0.2) is 6.03 Å². The number of nitrogens with zero attached hydrogens (tertiary/aromatic N) is 1. The molecule has 1 heterocycles. The minimum absolute atomic E-state index is 0.462. The number of aromatic nitrogens is 1. The first kappa shape index (κ1) is 5.75. The highest BCUT2D eigenvalue weighted by molar-refractivity contribution is 5.61. The topological polar surface area (TPSA) is 47.0 Å². The van der Waals surface area contributed by atoms with E-state index in [9.17, 15) is 4.79 Å². The second-order valence-corrected chi connectivity index (χ2v) is 1.62. The van der Waals surface area contributed by atoms with Crippen molar-refractivity contribution < 1.29 is 9.36 Å². The highest BCUT2D eigenvalue weighted by atomic mass is 16.2. The molecule has 0 aromatic carbocycles. The van der Waals surface area contributed by atoms with Crippen LogP contribution in [0.1, 0.15) is 0 Å². The fraction of sp³-hybridized carbons (Fsp3) is 0.